The molecule has 0 aliphatic heterocycles. The van der Waals surface area contributed by atoms with E-state index in [2.05, 4.69) is 11.9 Å². The Bertz CT molecular complexity index is 284. The molecular weight excluding hydrogens is 170 g/mol. The van der Waals surface area contributed by atoms with Crippen molar-refractivity contribution < 1.29 is 0 Å². The van der Waals surface area contributed by atoms with Crippen LogP contribution in [-0.2, 0) is 0 Å². The second-order valence-electron chi connectivity index (χ2n) is 2.84. The zero-order valence-corrected chi connectivity index (χ0v) is 8.07. The Morgan fingerprint density at radius 3 is 2.67 bits per heavy atom. The quantitative estimate of drug-likeness (QED) is 0.735. The van der Waals surface area contributed by atoms with Crippen molar-refractivity contribution in [2.24, 2.45) is 0 Å². The van der Waals surface area contributed by atoms with Crippen molar-refractivity contribution in [3.8, 4) is 0 Å². The number of hydrogen-bond donors (Lipinski definition) is 1. The van der Waals surface area contributed by atoms with Gasteiger partial charge in [0, 0.05) is 5.70 Å². The molecule has 2 heteroatoms. The SMILES string of the molecule is C=C(C)Nc1c(C)cccc1Cl. The van der Waals surface area contributed by atoms with Crippen LogP contribution >= 0.6 is 11.6 Å². The van der Waals surface area contributed by atoms with Crippen LogP contribution in [0.1, 0.15) is 12.5 Å². The molecule has 1 aromatic carbocycles. The maximum atomic E-state index is 5.97. The average molecular weight is 182 g/mol. The molecule has 0 amide bonds. The van der Waals surface area contributed by atoms with Crippen LogP contribution in [0.5, 0.6) is 0 Å². The number of nitrogens with one attached hydrogen (secondary N) is 1. The average Bonchev–Trinajstić information content (AvgIpc) is 1.97. The third-order valence-electron chi connectivity index (χ3n) is 1.56. The Kier molecular flexibility index (Phi) is 2.77. The molecule has 0 saturated heterocycles. The lowest BCUT2D eigenvalue weighted by Gasteiger charge is -2.10. The maximum Gasteiger partial charge on any atom is 0.0643 e. The molecule has 0 radical (unpaired) electrons. The van der Waals surface area contributed by atoms with Crippen LogP contribution < -0.4 is 5.32 Å². The molecule has 0 fully saturated rings. The first-order chi connectivity index (χ1) is 5.61. The normalized spacial score (nSPS) is 9.58. The number of para-hydroxylation sites is 1. The van der Waals surface area contributed by atoms with Crippen LogP contribution in [-0.4, -0.2) is 0 Å². The summed E-state index contributed by atoms with van der Waals surface area (Å²) >= 11 is 5.97. The van der Waals surface area contributed by atoms with Gasteiger partial charge in [-0.25, -0.2) is 0 Å². The van der Waals surface area contributed by atoms with Gasteiger partial charge in [0.15, 0.2) is 0 Å². The highest BCUT2D eigenvalue weighted by Gasteiger charge is 2.01. The van der Waals surface area contributed by atoms with E-state index in [1.807, 2.05) is 32.0 Å². The van der Waals surface area contributed by atoms with E-state index in [1.54, 1.807) is 0 Å². The molecule has 1 rings (SSSR count). The monoisotopic (exact) mass is 181 g/mol. The molecule has 64 valence electrons. The Hall–Kier alpha value is -0.950. The third kappa shape index (κ3) is 2.02. The van der Waals surface area contributed by atoms with Crippen LogP contribution in [0.25, 0.3) is 0 Å². The van der Waals surface area contributed by atoms with Gasteiger partial charge in [0.25, 0.3) is 0 Å². The molecule has 0 saturated carbocycles. The molecule has 12 heavy (non-hydrogen) atoms. The summed E-state index contributed by atoms with van der Waals surface area (Å²) in [5, 5.41) is 3.85. The second kappa shape index (κ2) is 3.63. The highest BCUT2D eigenvalue weighted by Crippen LogP contribution is 2.25. The number of allylic oxidation sites excluding steroid dienone is 1. The van der Waals surface area contributed by atoms with Crippen molar-refractivity contribution in [3.05, 3.63) is 41.1 Å². The Morgan fingerprint density at radius 1 is 1.50 bits per heavy atom. The van der Waals surface area contributed by atoms with E-state index in [9.17, 15) is 0 Å². The van der Waals surface area contributed by atoms with Crippen molar-refractivity contribution >= 4 is 17.3 Å². The fourth-order valence-electron chi connectivity index (χ4n) is 1.00. The van der Waals surface area contributed by atoms with E-state index in [0.717, 1.165) is 22.0 Å². The Labute approximate surface area is 78.1 Å². The van der Waals surface area contributed by atoms with E-state index < -0.39 is 0 Å². The summed E-state index contributed by atoms with van der Waals surface area (Å²) in [7, 11) is 0. The van der Waals surface area contributed by atoms with Crippen molar-refractivity contribution in [3.63, 3.8) is 0 Å². The van der Waals surface area contributed by atoms with E-state index in [1.165, 1.54) is 0 Å². The minimum Gasteiger partial charge on any atom is -0.358 e. The lowest BCUT2D eigenvalue weighted by atomic mass is 10.2. The number of rotatable bonds is 2. The smallest absolute Gasteiger partial charge is 0.0643 e. The summed E-state index contributed by atoms with van der Waals surface area (Å²) < 4.78 is 0. The predicted octanol–water partition coefficient (Wildman–Crippen LogP) is 3.59. The minimum atomic E-state index is 0.734. The molecule has 0 bridgehead atoms. The van der Waals surface area contributed by atoms with Crippen LogP contribution in [0, 0.1) is 6.92 Å². The summed E-state index contributed by atoms with van der Waals surface area (Å²) in [5.41, 5.74) is 2.98. The molecule has 0 heterocycles. The van der Waals surface area contributed by atoms with Gasteiger partial charge in [0.1, 0.15) is 0 Å². The molecule has 1 N–H and O–H groups in total. The first kappa shape index (κ1) is 9.14. The molecule has 0 atom stereocenters. The fourth-order valence-corrected chi connectivity index (χ4v) is 1.27. The van der Waals surface area contributed by atoms with Gasteiger partial charge in [0.2, 0.25) is 0 Å². The van der Waals surface area contributed by atoms with Crippen LogP contribution in [0.3, 0.4) is 0 Å². The number of benzene rings is 1. The van der Waals surface area contributed by atoms with Crippen molar-refractivity contribution in [1.29, 1.82) is 0 Å². The molecule has 0 aliphatic carbocycles. The van der Waals surface area contributed by atoms with Gasteiger partial charge < -0.3 is 5.32 Å². The van der Waals surface area contributed by atoms with Crippen LogP contribution in [0.2, 0.25) is 5.02 Å². The van der Waals surface area contributed by atoms with Gasteiger partial charge >= 0.3 is 0 Å². The summed E-state index contributed by atoms with van der Waals surface area (Å²) in [5.74, 6) is 0. The summed E-state index contributed by atoms with van der Waals surface area (Å²) in [6.07, 6.45) is 0. The third-order valence-corrected chi connectivity index (χ3v) is 1.88. The van der Waals surface area contributed by atoms with Crippen LogP contribution in [0.4, 0.5) is 5.69 Å². The standard InChI is InChI=1S/C10H12ClN/c1-7(2)12-10-8(3)5-4-6-9(10)11/h4-6,12H,1H2,2-3H3. The molecular formula is C10H12ClN. The molecule has 0 unspecified atom stereocenters. The van der Waals surface area contributed by atoms with E-state index in [0.29, 0.717) is 0 Å². The molecule has 0 spiro atoms. The van der Waals surface area contributed by atoms with E-state index in [4.69, 9.17) is 11.6 Å². The van der Waals surface area contributed by atoms with E-state index in [-0.39, 0.29) is 0 Å². The van der Waals surface area contributed by atoms with E-state index >= 15 is 0 Å². The van der Waals surface area contributed by atoms with Gasteiger partial charge in [-0.15, -0.1) is 0 Å². The molecule has 0 aromatic heterocycles. The highest BCUT2D eigenvalue weighted by molar-refractivity contribution is 6.33. The fraction of sp³-hybridized carbons (Fsp3) is 0.200. The topological polar surface area (TPSA) is 12.0 Å². The number of hydrogen-bond acceptors (Lipinski definition) is 1. The summed E-state index contributed by atoms with van der Waals surface area (Å²) in [6.45, 7) is 7.68. The summed E-state index contributed by atoms with van der Waals surface area (Å²) in [4.78, 5) is 0. The van der Waals surface area contributed by atoms with Crippen molar-refractivity contribution in [1.82, 2.24) is 0 Å². The second-order valence-corrected chi connectivity index (χ2v) is 3.24. The highest BCUT2D eigenvalue weighted by atomic mass is 35.5. The van der Waals surface area contributed by atoms with Gasteiger partial charge in [-0.2, -0.15) is 0 Å². The zero-order valence-electron chi connectivity index (χ0n) is 7.32. The number of anilines is 1. The first-order valence-corrected chi connectivity index (χ1v) is 4.16. The Morgan fingerprint density at radius 2 is 2.17 bits per heavy atom. The maximum absolute atomic E-state index is 5.97. The zero-order chi connectivity index (χ0) is 9.14. The van der Waals surface area contributed by atoms with Gasteiger partial charge in [0.05, 0.1) is 10.7 Å². The van der Waals surface area contributed by atoms with Gasteiger partial charge in [-0.3, -0.25) is 0 Å². The molecule has 1 nitrogen and oxygen atoms in total. The summed E-state index contributed by atoms with van der Waals surface area (Å²) in [6, 6.07) is 5.80. The predicted molar refractivity (Wildman–Crippen MR) is 54.6 cm³/mol. The van der Waals surface area contributed by atoms with Gasteiger partial charge in [-0.1, -0.05) is 30.3 Å². The molecule has 1 aromatic rings. The minimum absolute atomic E-state index is 0.734. The van der Waals surface area contributed by atoms with Crippen molar-refractivity contribution in [2.45, 2.75) is 13.8 Å². The Balaban J connectivity index is 3.04. The number of halogens is 1. The first-order valence-electron chi connectivity index (χ1n) is 3.79. The largest absolute Gasteiger partial charge is 0.358 e. The van der Waals surface area contributed by atoms with Crippen molar-refractivity contribution in [2.75, 3.05) is 5.32 Å². The van der Waals surface area contributed by atoms with Gasteiger partial charge in [-0.05, 0) is 25.5 Å². The van der Waals surface area contributed by atoms with Crippen LogP contribution in [0.15, 0.2) is 30.5 Å². The number of aryl methyl sites for hydroxylation is 1. The lowest BCUT2D eigenvalue weighted by Crippen LogP contribution is -1.96. The molecule has 0 aliphatic rings. The lowest BCUT2D eigenvalue weighted by molar-refractivity contribution is 1.35.